The van der Waals surface area contributed by atoms with E-state index in [4.69, 9.17) is 23.2 Å². The molecule has 0 heterocycles. The molecule has 108 valence electrons. The van der Waals surface area contributed by atoms with E-state index in [1.165, 1.54) is 0 Å². The van der Waals surface area contributed by atoms with Crippen molar-refractivity contribution in [3.05, 3.63) is 33.8 Å². The highest BCUT2D eigenvalue weighted by atomic mass is 35.5. The van der Waals surface area contributed by atoms with Crippen LogP contribution in [0.3, 0.4) is 0 Å². The summed E-state index contributed by atoms with van der Waals surface area (Å²) in [6.07, 6.45) is 0.916. The van der Waals surface area contributed by atoms with Crippen molar-refractivity contribution in [1.29, 1.82) is 0 Å². The summed E-state index contributed by atoms with van der Waals surface area (Å²) < 4.78 is 0. The molecule has 0 amide bonds. The van der Waals surface area contributed by atoms with Crippen LogP contribution in [-0.4, -0.2) is 12.1 Å². The van der Waals surface area contributed by atoms with E-state index in [0.29, 0.717) is 11.8 Å². The maximum absolute atomic E-state index is 6.26. The third-order valence-electron chi connectivity index (χ3n) is 3.37. The number of halogens is 2. The molecule has 0 radical (unpaired) electrons. The second-order valence-corrected chi connectivity index (χ2v) is 7.35. The van der Waals surface area contributed by atoms with Gasteiger partial charge < -0.3 is 5.32 Å². The molecule has 1 nitrogen and oxygen atoms in total. The first-order valence-electron chi connectivity index (χ1n) is 6.88. The highest BCUT2D eigenvalue weighted by Crippen LogP contribution is 2.29. The summed E-state index contributed by atoms with van der Waals surface area (Å²) >= 11 is 12.5. The zero-order valence-corrected chi connectivity index (χ0v) is 14.1. The van der Waals surface area contributed by atoms with Gasteiger partial charge in [-0.25, -0.2) is 0 Å². The van der Waals surface area contributed by atoms with Gasteiger partial charge in [-0.15, -0.1) is 0 Å². The lowest BCUT2D eigenvalue weighted by Crippen LogP contribution is -2.40. The largest absolute Gasteiger partial charge is 0.312 e. The fraction of sp³-hybridized carbons (Fsp3) is 0.625. The summed E-state index contributed by atoms with van der Waals surface area (Å²) in [5.41, 5.74) is 1.21. The molecule has 0 aliphatic rings. The molecule has 1 rings (SSSR count). The predicted octanol–water partition coefficient (Wildman–Crippen LogP) is 5.20. The Morgan fingerprint density at radius 2 is 1.63 bits per heavy atom. The molecule has 0 aromatic heterocycles. The fourth-order valence-corrected chi connectivity index (χ4v) is 2.52. The van der Waals surface area contributed by atoms with E-state index in [9.17, 15) is 0 Å². The van der Waals surface area contributed by atoms with Gasteiger partial charge in [0.2, 0.25) is 0 Å². The van der Waals surface area contributed by atoms with Gasteiger partial charge in [0.1, 0.15) is 0 Å². The monoisotopic (exact) mass is 301 g/mol. The average molecular weight is 302 g/mol. The third kappa shape index (κ3) is 5.72. The summed E-state index contributed by atoms with van der Waals surface area (Å²) in [6, 6.07) is 5.72. The summed E-state index contributed by atoms with van der Waals surface area (Å²) in [5, 5.41) is 5.12. The molecule has 19 heavy (non-hydrogen) atoms. The van der Waals surface area contributed by atoms with E-state index in [2.05, 4.69) is 39.9 Å². The Hall–Kier alpha value is -0.240. The van der Waals surface area contributed by atoms with Crippen molar-refractivity contribution >= 4 is 23.2 Å². The second-order valence-electron chi connectivity index (χ2n) is 6.54. The zero-order valence-electron chi connectivity index (χ0n) is 12.6. The SMILES string of the molecule is CC(C)C(CNC(C)(C)C)Cc1c(Cl)cccc1Cl. The van der Waals surface area contributed by atoms with Crippen molar-refractivity contribution in [2.75, 3.05) is 6.54 Å². The lowest BCUT2D eigenvalue weighted by Gasteiger charge is -2.28. The number of nitrogens with one attached hydrogen (secondary N) is 1. The first-order valence-corrected chi connectivity index (χ1v) is 7.64. The second kappa shape index (κ2) is 6.97. The van der Waals surface area contributed by atoms with Crippen LogP contribution in [0.5, 0.6) is 0 Å². The standard InChI is InChI=1S/C16H25Cl2N/c1-11(2)12(10-19-16(3,4)5)9-13-14(17)7-6-8-15(13)18/h6-8,11-12,19H,9-10H2,1-5H3. The van der Waals surface area contributed by atoms with Gasteiger partial charge >= 0.3 is 0 Å². The molecule has 0 saturated heterocycles. The Morgan fingerprint density at radius 1 is 1.11 bits per heavy atom. The van der Waals surface area contributed by atoms with Gasteiger partial charge in [-0.05, 0) is 63.3 Å². The lowest BCUT2D eigenvalue weighted by atomic mass is 9.88. The van der Waals surface area contributed by atoms with E-state index in [1.807, 2.05) is 18.2 Å². The van der Waals surface area contributed by atoms with Crippen molar-refractivity contribution in [2.24, 2.45) is 11.8 Å². The van der Waals surface area contributed by atoms with Gasteiger partial charge in [-0.3, -0.25) is 0 Å². The van der Waals surface area contributed by atoms with Crippen molar-refractivity contribution in [3.8, 4) is 0 Å². The van der Waals surface area contributed by atoms with Crippen molar-refractivity contribution in [1.82, 2.24) is 5.32 Å². The molecule has 1 aromatic rings. The minimum atomic E-state index is 0.136. The topological polar surface area (TPSA) is 12.0 Å². The molecule has 1 aromatic carbocycles. The quantitative estimate of drug-likeness (QED) is 0.788. The normalized spacial score (nSPS) is 13.9. The molecular formula is C16H25Cl2N. The van der Waals surface area contributed by atoms with Crippen LogP contribution in [0, 0.1) is 11.8 Å². The van der Waals surface area contributed by atoms with Gasteiger partial charge in [0.05, 0.1) is 0 Å². The summed E-state index contributed by atoms with van der Waals surface area (Å²) in [5.74, 6) is 1.11. The van der Waals surface area contributed by atoms with Gasteiger partial charge in [-0.2, -0.15) is 0 Å². The smallest absolute Gasteiger partial charge is 0.0452 e. The molecule has 0 spiro atoms. The first-order chi connectivity index (χ1) is 8.70. The van der Waals surface area contributed by atoms with E-state index in [0.717, 1.165) is 28.6 Å². The van der Waals surface area contributed by atoms with Gasteiger partial charge in [0.25, 0.3) is 0 Å². The van der Waals surface area contributed by atoms with E-state index in [1.54, 1.807) is 0 Å². The maximum Gasteiger partial charge on any atom is 0.0452 e. The van der Waals surface area contributed by atoms with Crippen LogP contribution in [0.25, 0.3) is 0 Å². The van der Waals surface area contributed by atoms with Crippen molar-refractivity contribution in [2.45, 2.75) is 46.6 Å². The van der Waals surface area contributed by atoms with E-state index < -0.39 is 0 Å². The van der Waals surface area contributed by atoms with E-state index >= 15 is 0 Å². The molecule has 0 fully saturated rings. The average Bonchev–Trinajstić information content (AvgIpc) is 2.25. The van der Waals surface area contributed by atoms with Crippen LogP contribution >= 0.6 is 23.2 Å². The van der Waals surface area contributed by atoms with Gasteiger partial charge in [0.15, 0.2) is 0 Å². The van der Waals surface area contributed by atoms with Crippen LogP contribution < -0.4 is 5.32 Å². The van der Waals surface area contributed by atoms with Crippen LogP contribution in [-0.2, 0) is 6.42 Å². The Morgan fingerprint density at radius 3 is 2.05 bits per heavy atom. The zero-order chi connectivity index (χ0) is 14.6. The minimum absolute atomic E-state index is 0.136. The van der Waals surface area contributed by atoms with Gasteiger partial charge in [0, 0.05) is 15.6 Å². The van der Waals surface area contributed by atoms with Crippen molar-refractivity contribution < 1.29 is 0 Å². The Bertz CT molecular complexity index is 387. The fourth-order valence-electron chi connectivity index (χ4n) is 1.97. The molecule has 1 N–H and O–H groups in total. The number of hydrogen-bond acceptors (Lipinski definition) is 1. The van der Waals surface area contributed by atoms with Crippen molar-refractivity contribution in [3.63, 3.8) is 0 Å². The summed E-state index contributed by atoms with van der Waals surface area (Å²) in [4.78, 5) is 0. The Kier molecular flexibility index (Phi) is 6.16. The molecule has 1 atom stereocenters. The van der Waals surface area contributed by atoms with Crippen LogP contribution in [0.1, 0.15) is 40.2 Å². The third-order valence-corrected chi connectivity index (χ3v) is 4.07. The number of rotatable bonds is 5. The highest BCUT2D eigenvalue weighted by Gasteiger charge is 2.19. The first kappa shape index (κ1) is 16.8. The van der Waals surface area contributed by atoms with Crippen LogP contribution in [0.2, 0.25) is 10.0 Å². The van der Waals surface area contributed by atoms with Crippen LogP contribution in [0.15, 0.2) is 18.2 Å². The molecular weight excluding hydrogens is 277 g/mol. The molecule has 0 bridgehead atoms. The summed E-state index contributed by atoms with van der Waals surface area (Å²) in [7, 11) is 0. The minimum Gasteiger partial charge on any atom is -0.312 e. The number of hydrogen-bond donors (Lipinski definition) is 1. The molecule has 0 aliphatic heterocycles. The van der Waals surface area contributed by atoms with Gasteiger partial charge in [-0.1, -0.05) is 43.1 Å². The van der Waals surface area contributed by atoms with Crippen LogP contribution in [0.4, 0.5) is 0 Å². The molecule has 0 aliphatic carbocycles. The summed E-state index contributed by atoms with van der Waals surface area (Å²) in [6.45, 7) is 12.0. The molecule has 1 unspecified atom stereocenters. The molecule has 3 heteroatoms. The Balaban J connectivity index is 2.79. The predicted molar refractivity (Wildman–Crippen MR) is 86.2 cm³/mol. The van der Waals surface area contributed by atoms with E-state index in [-0.39, 0.29) is 5.54 Å². The highest BCUT2D eigenvalue weighted by molar-refractivity contribution is 6.35. The lowest BCUT2D eigenvalue weighted by molar-refractivity contribution is 0.312. The number of benzene rings is 1. The Labute approximate surface area is 127 Å². The molecule has 0 saturated carbocycles. The maximum atomic E-state index is 6.26.